The number of hydrogen-bond donors (Lipinski definition) is 0. The van der Waals surface area contributed by atoms with Crippen LogP contribution in [-0.2, 0) is 0 Å². The average molecular weight is 712 g/mol. The van der Waals surface area contributed by atoms with Crippen molar-refractivity contribution in [3.63, 3.8) is 0 Å². The fourth-order valence-electron chi connectivity index (χ4n) is 3.08. The highest BCUT2D eigenvalue weighted by molar-refractivity contribution is 5.73. The van der Waals surface area contributed by atoms with Crippen molar-refractivity contribution >= 4 is 11.0 Å². The molecule has 0 saturated carbocycles. The Kier molecular flexibility index (Phi) is 21.1. The molecule has 0 unspecified atom stereocenters. The van der Waals surface area contributed by atoms with Crippen molar-refractivity contribution < 1.29 is 0 Å². The van der Waals surface area contributed by atoms with Gasteiger partial charge in [0.25, 0.3) is 0 Å². The minimum atomic E-state index is 0.711. The normalized spacial score (nSPS) is 9.04. The highest BCUT2D eigenvalue weighted by atomic mass is 15.1. The number of hydrogen-bond acceptors (Lipinski definition) is 17. The molecule has 53 heavy (non-hydrogen) atoms. The summed E-state index contributed by atoms with van der Waals surface area (Å²) in [5, 5.41) is 28.8. The van der Waals surface area contributed by atoms with E-state index in [0.29, 0.717) is 5.82 Å². The van der Waals surface area contributed by atoms with Crippen LogP contribution in [0, 0.1) is 48.5 Å². The monoisotopic (exact) mass is 711 g/mol. The molecule has 0 amide bonds. The van der Waals surface area contributed by atoms with Crippen LogP contribution in [0.3, 0.4) is 0 Å². The van der Waals surface area contributed by atoms with Crippen LogP contribution in [0.4, 0.5) is 0 Å². The molecule has 0 spiro atoms. The molecular formula is C36H41N17. The number of benzene rings is 1. The van der Waals surface area contributed by atoms with Crippen LogP contribution in [0.1, 0.15) is 40.0 Å². The van der Waals surface area contributed by atoms with Gasteiger partial charge in [0.05, 0.1) is 58.1 Å². The molecule has 0 fully saturated rings. The largest absolute Gasteiger partial charge is 0.261 e. The lowest BCUT2D eigenvalue weighted by molar-refractivity contribution is 0.907. The van der Waals surface area contributed by atoms with E-state index in [9.17, 15) is 0 Å². The van der Waals surface area contributed by atoms with Crippen molar-refractivity contribution in [2.24, 2.45) is 0 Å². The summed E-state index contributed by atoms with van der Waals surface area (Å²) in [4.78, 5) is 35.2. The van der Waals surface area contributed by atoms with Gasteiger partial charge in [-0.25, -0.2) is 29.9 Å². The van der Waals surface area contributed by atoms with Gasteiger partial charge in [-0.3, -0.25) is 15.0 Å². The molecule has 17 heteroatoms. The molecule has 0 aliphatic rings. The summed E-state index contributed by atoms with van der Waals surface area (Å²) in [5.41, 5.74) is 7.56. The highest BCUT2D eigenvalue weighted by Gasteiger charge is 1.92. The van der Waals surface area contributed by atoms with Gasteiger partial charge < -0.3 is 0 Å². The maximum Gasteiger partial charge on any atom is 0.147 e. The van der Waals surface area contributed by atoms with Crippen molar-refractivity contribution in [3.8, 4) is 0 Å². The SMILES string of the molecule is Cc1cccnn1.Cc1ccncn1.Cc1cnc2ccccc2n1.Cc1cnccn1.Cc1cncnn1.Cc1cnncn1.Cc1nccnn1. The molecule has 0 aliphatic heterocycles. The molecule has 0 N–H and O–H groups in total. The van der Waals surface area contributed by atoms with E-state index in [1.54, 1.807) is 68.9 Å². The predicted octanol–water partition coefficient (Wildman–Crippen LogP) is 4.83. The second kappa shape index (κ2) is 26.7. The first-order chi connectivity index (χ1) is 25.7. The van der Waals surface area contributed by atoms with Crippen LogP contribution < -0.4 is 0 Å². The van der Waals surface area contributed by atoms with Crippen molar-refractivity contribution in [2.45, 2.75) is 48.5 Å². The second-order valence-corrected chi connectivity index (χ2v) is 10.2. The molecular weight excluding hydrogens is 671 g/mol. The molecule has 7 heterocycles. The topological polar surface area (TPSA) is 219 Å². The minimum absolute atomic E-state index is 0.711. The first-order valence-corrected chi connectivity index (χ1v) is 15.9. The van der Waals surface area contributed by atoms with Crippen LogP contribution in [-0.4, -0.2) is 85.6 Å². The van der Waals surface area contributed by atoms with Gasteiger partial charge in [0.15, 0.2) is 0 Å². The first kappa shape index (κ1) is 42.0. The second-order valence-electron chi connectivity index (χ2n) is 10.2. The summed E-state index contributed by atoms with van der Waals surface area (Å²) in [6, 6.07) is 13.5. The van der Waals surface area contributed by atoms with Crippen LogP contribution in [0.2, 0.25) is 0 Å². The van der Waals surface area contributed by atoms with E-state index in [1.165, 1.54) is 19.0 Å². The number of fused-ring (bicyclic) bond motifs is 1. The van der Waals surface area contributed by atoms with Crippen molar-refractivity contribution in [3.05, 3.63) is 163 Å². The Balaban J connectivity index is 0.000000216. The molecule has 0 atom stereocenters. The molecule has 0 bridgehead atoms. The molecule has 7 aromatic heterocycles. The lowest BCUT2D eigenvalue weighted by Crippen LogP contribution is -1.85. The molecule has 8 rings (SSSR count). The first-order valence-electron chi connectivity index (χ1n) is 15.9. The van der Waals surface area contributed by atoms with Gasteiger partial charge in [0.2, 0.25) is 0 Å². The van der Waals surface area contributed by atoms with Crippen molar-refractivity contribution in [1.82, 2.24) is 85.6 Å². The summed E-state index contributed by atoms with van der Waals surface area (Å²) in [6.45, 7) is 13.2. The highest BCUT2D eigenvalue weighted by Crippen LogP contribution is 2.07. The number of para-hydroxylation sites is 2. The third kappa shape index (κ3) is 22.2. The summed E-state index contributed by atoms with van der Waals surface area (Å²) < 4.78 is 0. The van der Waals surface area contributed by atoms with E-state index in [0.717, 1.165) is 45.2 Å². The molecule has 1 aromatic carbocycles. The van der Waals surface area contributed by atoms with Gasteiger partial charge in [0, 0.05) is 49.1 Å². The lowest BCUT2D eigenvalue weighted by atomic mass is 10.3. The van der Waals surface area contributed by atoms with Gasteiger partial charge in [-0.05, 0) is 78.8 Å². The Hall–Kier alpha value is -7.17. The van der Waals surface area contributed by atoms with Crippen LogP contribution >= 0.6 is 0 Å². The molecule has 270 valence electrons. The number of aryl methyl sites for hydroxylation is 7. The van der Waals surface area contributed by atoms with Crippen LogP contribution in [0.5, 0.6) is 0 Å². The number of rotatable bonds is 0. The van der Waals surface area contributed by atoms with Gasteiger partial charge >= 0.3 is 0 Å². The van der Waals surface area contributed by atoms with E-state index in [1.807, 2.05) is 84.0 Å². The van der Waals surface area contributed by atoms with E-state index in [-0.39, 0.29) is 0 Å². The Morgan fingerprint density at radius 3 is 1.45 bits per heavy atom. The fraction of sp³-hybridized carbons (Fsp3) is 0.194. The Morgan fingerprint density at radius 2 is 1.06 bits per heavy atom. The molecule has 0 radical (unpaired) electrons. The van der Waals surface area contributed by atoms with Crippen molar-refractivity contribution in [2.75, 3.05) is 0 Å². The van der Waals surface area contributed by atoms with Crippen LogP contribution in [0.15, 0.2) is 123 Å². The Labute approximate surface area is 308 Å². The van der Waals surface area contributed by atoms with E-state index in [4.69, 9.17) is 0 Å². The fourth-order valence-corrected chi connectivity index (χ4v) is 3.08. The van der Waals surface area contributed by atoms with Gasteiger partial charge in [0.1, 0.15) is 24.8 Å². The maximum absolute atomic E-state index is 4.31. The quantitative estimate of drug-likeness (QED) is 0.205. The summed E-state index contributed by atoms with van der Waals surface area (Å²) >= 11 is 0. The third-order valence-corrected chi connectivity index (χ3v) is 5.51. The van der Waals surface area contributed by atoms with E-state index in [2.05, 4.69) is 85.6 Å². The summed E-state index contributed by atoms with van der Waals surface area (Å²) in [5.74, 6) is 0.711. The lowest BCUT2D eigenvalue weighted by Gasteiger charge is -1.95. The predicted molar refractivity (Wildman–Crippen MR) is 198 cm³/mol. The number of aromatic nitrogens is 17. The van der Waals surface area contributed by atoms with Crippen LogP contribution in [0.25, 0.3) is 11.0 Å². The zero-order valence-corrected chi connectivity index (χ0v) is 30.6. The maximum atomic E-state index is 4.31. The van der Waals surface area contributed by atoms with Gasteiger partial charge in [-0.1, -0.05) is 12.1 Å². The minimum Gasteiger partial charge on any atom is -0.261 e. The molecule has 0 saturated heterocycles. The third-order valence-electron chi connectivity index (χ3n) is 5.51. The van der Waals surface area contributed by atoms with E-state index >= 15 is 0 Å². The standard InChI is InChI=1S/C9H8N2.3C5H6N2.3C4H5N3/c1-7-6-10-8-4-2-3-5-9(8)11-7;1-5-4-6-2-3-7-5;1-5-2-3-6-4-7-5;1-5-3-2-4-6-7-5;1-4-2-6-7-3-5-4;1-4-2-5-3-6-7-4;1-4-5-2-3-6-7-4/h2-6H,1H3;3*2-4H,1H3;3*2-3H,1H3. The van der Waals surface area contributed by atoms with Gasteiger partial charge in [-0.2, -0.15) is 25.5 Å². The summed E-state index contributed by atoms with van der Waals surface area (Å²) in [7, 11) is 0. The zero-order chi connectivity index (χ0) is 38.4. The summed E-state index contributed by atoms with van der Waals surface area (Å²) in [6.07, 6.45) is 21.0. The van der Waals surface area contributed by atoms with Gasteiger partial charge in [-0.15, -0.1) is 15.3 Å². The molecule has 0 aliphatic carbocycles. The van der Waals surface area contributed by atoms with E-state index < -0.39 is 0 Å². The average Bonchev–Trinajstić information content (AvgIpc) is 3.18. The number of nitrogens with zero attached hydrogens (tertiary/aromatic N) is 17. The Bertz CT molecular complexity index is 1740. The molecule has 17 nitrogen and oxygen atoms in total. The Morgan fingerprint density at radius 1 is 0.340 bits per heavy atom. The zero-order valence-electron chi connectivity index (χ0n) is 30.6. The smallest absolute Gasteiger partial charge is 0.147 e. The van der Waals surface area contributed by atoms with Crippen molar-refractivity contribution in [1.29, 1.82) is 0 Å². The molecule has 8 aromatic rings.